The number of rotatable bonds is 2. The summed E-state index contributed by atoms with van der Waals surface area (Å²) in [6.45, 7) is 6.78. The molecule has 0 rings (SSSR count). The van der Waals surface area contributed by atoms with Crippen molar-refractivity contribution in [1.29, 1.82) is 0 Å². The van der Waals surface area contributed by atoms with Gasteiger partial charge in [0.15, 0.2) is 5.22 Å². The van der Waals surface area contributed by atoms with Crippen LogP contribution in [-0.2, 0) is 9.53 Å². The van der Waals surface area contributed by atoms with Crippen molar-refractivity contribution in [2.24, 2.45) is 0 Å². The Balaban J connectivity index is 3.88. The van der Waals surface area contributed by atoms with E-state index in [0.29, 0.717) is 0 Å². The second-order valence-corrected chi connectivity index (χ2v) is 2.42. The highest BCUT2D eigenvalue weighted by molar-refractivity contribution is 6.28. The van der Waals surface area contributed by atoms with Crippen LogP contribution in [0.5, 0.6) is 0 Å². The molecule has 0 bridgehead atoms. The van der Waals surface area contributed by atoms with Crippen LogP contribution in [0.3, 0.4) is 0 Å². The van der Waals surface area contributed by atoms with Crippen LogP contribution < -0.4 is 0 Å². The van der Waals surface area contributed by atoms with Gasteiger partial charge in [-0.25, -0.2) is 4.79 Å². The lowest BCUT2D eigenvalue weighted by molar-refractivity contribution is -0.132. The van der Waals surface area contributed by atoms with E-state index in [4.69, 9.17) is 11.6 Å². The molecule has 10 heavy (non-hydrogen) atoms. The normalized spacial score (nSPS) is 8.30. The van der Waals surface area contributed by atoms with E-state index >= 15 is 0 Å². The summed E-state index contributed by atoms with van der Waals surface area (Å²) >= 11 is 5.19. The molecule has 0 aliphatic heterocycles. The predicted octanol–water partition coefficient (Wildman–Crippen LogP) is 2.21. The Morgan fingerprint density at radius 3 is 2.40 bits per heavy atom. The highest BCUT2D eigenvalue weighted by Gasteiger charge is 1.97. The standard InChI is InChI=1S/C7H9ClO2/c1-5(2)4-7(9)10-6(3)8/h4H,3H2,1-2H3. The predicted molar refractivity (Wildman–Crippen MR) is 40.5 cm³/mol. The van der Waals surface area contributed by atoms with Gasteiger partial charge in [-0.05, 0) is 32.0 Å². The van der Waals surface area contributed by atoms with E-state index in [0.717, 1.165) is 5.57 Å². The van der Waals surface area contributed by atoms with Crippen molar-refractivity contribution in [2.75, 3.05) is 0 Å². The maximum absolute atomic E-state index is 10.6. The van der Waals surface area contributed by atoms with Gasteiger partial charge >= 0.3 is 5.97 Å². The summed E-state index contributed by atoms with van der Waals surface area (Å²) in [7, 11) is 0. The van der Waals surface area contributed by atoms with E-state index in [9.17, 15) is 4.79 Å². The largest absolute Gasteiger partial charge is 0.412 e. The van der Waals surface area contributed by atoms with Crippen molar-refractivity contribution in [3.05, 3.63) is 23.4 Å². The molecule has 0 aliphatic carbocycles. The van der Waals surface area contributed by atoms with Crippen LogP contribution in [0.2, 0.25) is 0 Å². The van der Waals surface area contributed by atoms with Crippen LogP contribution >= 0.6 is 11.6 Å². The average molecular weight is 161 g/mol. The minimum atomic E-state index is -0.486. The minimum Gasteiger partial charge on any atom is -0.412 e. The topological polar surface area (TPSA) is 26.3 Å². The second kappa shape index (κ2) is 4.12. The van der Waals surface area contributed by atoms with Gasteiger partial charge < -0.3 is 4.74 Å². The van der Waals surface area contributed by atoms with Gasteiger partial charge in [-0.3, -0.25) is 0 Å². The van der Waals surface area contributed by atoms with Crippen LogP contribution in [0, 0.1) is 0 Å². The number of ether oxygens (including phenoxy) is 1. The first-order chi connectivity index (χ1) is 4.52. The highest BCUT2D eigenvalue weighted by Crippen LogP contribution is 2.00. The van der Waals surface area contributed by atoms with Crippen molar-refractivity contribution in [2.45, 2.75) is 13.8 Å². The van der Waals surface area contributed by atoms with Crippen molar-refractivity contribution >= 4 is 17.6 Å². The van der Waals surface area contributed by atoms with E-state index in [1.807, 2.05) is 0 Å². The van der Waals surface area contributed by atoms with E-state index in [1.165, 1.54) is 6.08 Å². The number of halogens is 1. The molecule has 0 saturated heterocycles. The zero-order chi connectivity index (χ0) is 8.15. The van der Waals surface area contributed by atoms with Crippen molar-refractivity contribution in [3.8, 4) is 0 Å². The third kappa shape index (κ3) is 5.38. The Hall–Kier alpha value is -0.760. The first-order valence-corrected chi connectivity index (χ1v) is 3.11. The van der Waals surface area contributed by atoms with Gasteiger partial charge in [0.25, 0.3) is 0 Å². The van der Waals surface area contributed by atoms with Crippen molar-refractivity contribution < 1.29 is 9.53 Å². The van der Waals surface area contributed by atoms with Crippen LogP contribution in [0.25, 0.3) is 0 Å². The molecule has 0 radical (unpaired) electrons. The van der Waals surface area contributed by atoms with Gasteiger partial charge in [-0.2, -0.15) is 0 Å². The summed E-state index contributed by atoms with van der Waals surface area (Å²) in [5, 5.41) is -0.109. The molecular weight excluding hydrogens is 152 g/mol. The van der Waals surface area contributed by atoms with Crippen LogP contribution in [0.4, 0.5) is 0 Å². The van der Waals surface area contributed by atoms with Crippen molar-refractivity contribution in [1.82, 2.24) is 0 Å². The van der Waals surface area contributed by atoms with Gasteiger partial charge in [0, 0.05) is 6.08 Å². The molecule has 3 heteroatoms. The minimum absolute atomic E-state index is 0.109. The van der Waals surface area contributed by atoms with Gasteiger partial charge in [-0.15, -0.1) is 0 Å². The lowest BCUT2D eigenvalue weighted by Crippen LogP contribution is -1.96. The molecule has 0 unspecified atom stereocenters. The smallest absolute Gasteiger partial charge is 0.336 e. The first-order valence-electron chi connectivity index (χ1n) is 2.73. The van der Waals surface area contributed by atoms with Crippen LogP contribution in [0.1, 0.15) is 13.8 Å². The molecule has 56 valence electrons. The molecule has 0 fully saturated rings. The molecule has 0 aromatic heterocycles. The fourth-order valence-electron chi connectivity index (χ4n) is 0.374. The van der Waals surface area contributed by atoms with Crippen LogP contribution in [-0.4, -0.2) is 5.97 Å². The Kier molecular flexibility index (Phi) is 3.81. The number of carbonyl (C=O) groups excluding carboxylic acids is 1. The fraction of sp³-hybridized carbons (Fsp3) is 0.286. The molecule has 0 N–H and O–H groups in total. The molecule has 0 atom stereocenters. The SMILES string of the molecule is C=C(Cl)OC(=O)C=C(C)C. The molecule has 0 aromatic carbocycles. The highest BCUT2D eigenvalue weighted by atomic mass is 35.5. The number of hydrogen-bond acceptors (Lipinski definition) is 2. The Morgan fingerprint density at radius 1 is 1.60 bits per heavy atom. The molecule has 0 heterocycles. The molecule has 0 spiro atoms. The number of hydrogen-bond donors (Lipinski definition) is 0. The molecule has 0 saturated carbocycles. The number of allylic oxidation sites excluding steroid dienone is 1. The maximum Gasteiger partial charge on any atom is 0.336 e. The first kappa shape index (κ1) is 9.24. The third-order valence-electron chi connectivity index (χ3n) is 0.618. The van der Waals surface area contributed by atoms with Gasteiger partial charge in [0.1, 0.15) is 0 Å². The molecular formula is C7H9ClO2. The van der Waals surface area contributed by atoms with Gasteiger partial charge in [0.05, 0.1) is 0 Å². The molecule has 0 aliphatic rings. The Labute approximate surface area is 65.1 Å². The zero-order valence-corrected chi connectivity index (χ0v) is 6.73. The average Bonchev–Trinajstić information content (AvgIpc) is 1.58. The van der Waals surface area contributed by atoms with E-state index < -0.39 is 5.97 Å². The van der Waals surface area contributed by atoms with Gasteiger partial charge in [0.2, 0.25) is 0 Å². The van der Waals surface area contributed by atoms with E-state index in [1.54, 1.807) is 13.8 Å². The third-order valence-corrected chi connectivity index (χ3v) is 0.695. The maximum atomic E-state index is 10.6. The van der Waals surface area contributed by atoms with Crippen molar-refractivity contribution in [3.63, 3.8) is 0 Å². The Bertz CT molecular complexity index is 178. The van der Waals surface area contributed by atoms with E-state index in [2.05, 4.69) is 11.3 Å². The summed E-state index contributed by atoms with van der Waals surface area (Å²) in [5.74, 6) is -0.486. The van der Waals surface area contributed by atoms with E-state index in [-0.39, 0.29) is 5.22 Å². The summed E-state index contributed by atoms with van der Waals surface area (Å²) < 4.78 is 4.42. The molecule has 2 nitrogen and oxygen atoms in total. The Morgan fingerprint density at radius 2 is 2.10 bits per heavy atom. The quantitative estimate of drug-likeness (QED) is 0.352. The molecule has 0 amide bonds. The van der Waals surface area contributed by atoms with Gasteiger partial charge in [-0.1, -0.05) is 5.57 Å². The fourth-order valence-corrected chi connectivity index (χ4v) is 0.450. The zero-order valence-electron chi connectivity index (χ0n) is 5.98. The second-order valence-electron chi connectivity index (χ2n) is 2.00. The number of carbonyl (C=O) groups is 1. The summed E-state index contributed by atoms with van der Waals surface area (Å²) in [6, 6.07) is 0. The lowest BCUT2D eigenvalue weighted by atomic mass is 10.3. The summed E-state index contributed by atoms with van der Waals surface area (Å²) in [4.78, 5) is 10.6. The summed E-state index contributed by atoms with van der Waals surface area (Å²) in [5.41, 5.74) is 0.864. The molecule has 0 aromatic rings. The lowest BCUT2D eigenvalue weighted by Gasteiger charge is -1.95. The monoisotopic (exact) mass is 160 g/mol. The van der Waals surface area contributed by atoms with Crippen LogP contribution in [0.15, 0.2) is 23.4 Å². The number of esters is 1. The summed E-state index contributed by atoms with van der Waals surface area (Å²) in [6.07, 6.45) is 1.34.